The number of hydrogen-bond acceptors (Lipinski definition) is 5. The summed E-state index contributed by atoms with van der Waals surface area (Å²) < 4.78 is 4.88. The van der Waals surface area contributed by atoms with Crippen LogP contribution in [0.5, 0.6) is 0 Å². The molecule has 2 atom stereocenters. The van der Waals surface area contributed by atoms with Crippen LogP contribution in [0.2, 0.25) is 0 Å². The molecule has 5 nitrogen and oxygen atoms in total. The van der Waals surface area contributed by atoms with Crippen LogP contribution in [-0.4, -0.2) is 41.1 Å². The zero-order valence-electron chi connectivity index (χ0n) is 13.5. The van der Waals surface area contributed by atoms with Gasteiger partial charge in [-0.2, -0.15) is 0 Å². The Bertz CT molecular complexity index is 719. The normalized spacial score (nSPS) is 22.3. The fourth-order valence-electron chi connectivity index (χ4n) is 2.87. The van der Waals surface area contributed by atoms with Gasteiger partial charge in [-0.15, -0.1) is 0 Å². The molecule has 0 spiro atoms. The summed E-state index contributed by atoms with van der Waals surface area (Å²) in [6.45, 7) is 2.14. The number of nitrogens with zero attached hydrogens (tertiary/aromatic N) is 2. The predicted molar refractivity (Wildman–Crippen MR) is 92.3 cm³/mol. The summed E-state index contributed by atoms with van der Waals surface area (Å²) in [6.07, 6.45) is 8.81. The second-order valence-corrected chi connectivity index (χ2v) is 5.55. The number of carbonyl (C=O) groups excluding carboxylic acids is 1. The van der Waals surface area contributed by atoms with Crippen LogP contribution in [0.1, 0.15) is 18.5 Å². The summed E-state index contributed by atoms with van der Waals surface area (Å²) in [6, 6.07) is 9.72. The average molecular weight is 324 g/mol. The maximum atomic E-state index is 11.4. The third-order valence-electron chi connectivity index (χ3n) is 4.01. The highest BCUT2D eigenvalue weighted by Crippen LogP contribution is 2.33. The molecular weight excluding hydrogens is 304 g/mol. The lowest BCUT2D eigenvalue weighted by atomic mass is 10.0. The zero-order chi connectivity index (χ0) is 16.9. The van der Waals surface area contributed by atoms with Gasteiger partial charge in [-0.3, -0.25) is 4.99 Å². The molecule has 1 aromatic carbocycles. The van der Waals surface area contributed by atoms with E-state index in [2.05, 4.69) is 0 Å². The van der Waals surface area contributed by atoms with E-state index in [-0.39, 0.29) is 24.7 Å². The number of hydrogen-bond donors (Lipinski definition) is 1. The first-order chi connectivity index (χ1) is 11.7. The molecule has 24 heavy (non-hydrogen) atoms. The molecule has 0 radical (unpaired) electrons. The Hall–Kier alpha value is -2.66. The van der Waals surface area contributed by atoms with Crippen LogP contribution >= 0.6 is 0 Å². The van der Waals surface area contributed by atoms with Crippen LogP contribution in [0.15, 0.2) is 71.4 Å². The number of aliphatic hydroxyl groups excluding tert-OH is 1. The number of fused-ring (bicyclic) bond motifs is 1. The van der Waals surface area contributed by atoms with E-state index in [9.17, 15) is 9.90 Å². The van der Waals surface area contributed by atoms with Gasteiger partial charge in [-0.05, 0) is 36.3 Å². The van der Waals surface area contributed by atoms with Gasteiger partial charge in [0.05, 0.1) is 19.3 Å². The molecule has 0 saturated heterocycles. The number of aliphatic hydroxyl groups is 1. The molecule has 2 aliphatic rings. The molecule has 0 saturated carbocycles. The first kappa shape index (κ1) is 16.2. The molecule has 124 valence electrons. The summed E-state index contributed by atoms with van der Waals surface area (Å²) in [5.41, 5.74) is 1.94. The summed E-state index contributed by atoms with van der Waals surface area (Å²) >= 11 is 0. The molecule has 0 aliphatic carbocycles. The topological polar surface area (TPSA) is 62.1 Å². The van der Waals surface area contributed by atoms with E-state index in [4.69, 9.17) is 9.73 Å². The number of carbonyl (C=O) groups is 1. The van der Waals surface area contributed by atoms with Crippen molar-refractivity contribution in [2.24, 2.45) is 4.99 Å². The summed E-state index contributed by atoms with van der Waals surface area (Å²) in [4.78, 5) is 18.1. The Balaban J connectivity index is 1.82. The van der Waals surface area contributed by atoms with Gasteiger partial charge in [0, 0.05) is 12.3 Å². The van der Waals surface area contributed by atoms with Gasteiger partial charge in [0.15, 0.2) is 0 Å². The molecule has 3 rings (SSSR count). The highest BCUT2D eigenvalue weighted by atomic mass is 16.5. The standard InChI is InChI=1S/C19H20N2O3/c1-2-24-18(23)9-8-14-10-11-21-16(13-22)19(20-17(21)12-14)15-6-4-3-5-7-15/h3-12,16,19,22H,2,13H2,1H3/b9-8+. The van der Waals surface area contributed by atoms with Crippen molar-refractivity contribution in [3.63, 3.8) is 0 Å². The Morgan fingerprint density at radius 2 is 2.17 bits per heavy atom. The van der Waals surface area contributed by atoms with Crippen molar-refractivity contribution in [1.82, 2.24) is 4.90 Å². The van der Waals surface area contributed by atoms with Crippen LogP contribution in [0, 0.1) is 0 Å². The van der Waals surface area contributed by atoms with Crippen LogP contribution in [-0.2, 0) is 9.53 Å². The van der Waals surface area contributed by atoms with E-state index in [0.717, 1.165) is 17.0 Å². The van der Waals surface area contributed by atoms with Crippen molar-refractivity contribution in [3.05, 3.63) is 72.0 Å². The van der Waals surface area contributed by atoms with Gasteiger partial charge in [0.25, 0.3) is 0 Å². The molecule has 0 bridgehead atoms. The van der Waals surface area contributed by atoms with Gasteiger partial charge < -0.3 is 14.7 Å². The minimum atomic E-state index is -0.363. The van der Waals surface area contributed by atoms with Crippen molar-refractivity contribution in [2.45, 2.75) is 19.0 Å². The second kappa shape index (κ2) is 7.27. The Labute approximate surface area is 141 Å². The number of ether oxygens (including phenoxy) is 1. The van der Waals surface area contributed by atoms with Gasteiger partial charge in [0.2, 0.25) is 0 Å². The maximum Gasteiger partial charge on any atom is 0.330 e. The van der Waals surface area contributed by atoms with Crippen LogP contribution in [0.3, 0.4) is 0 Å². The summed E-state index contributed by atoms with van der Waals surface area (Å²) in [7, 11) is 0. The fourth-order valence-corrected chi connectivity index (χ4v) is 2.87. The third kappa shape index (κ3) is 3.31. The molecule has 2 unspecified atom stereocenters. The molecule has 0 fully saturated rings. The molecule has 2 heterocycles. The predicted octanol–water partition coefficient (Wildman–Crippen LogP) is 2.38. The lowest BCUT2D eigenvalue weighted by Crippen LogP contribution is -2.36. The number of aliphatic imine (C=N–C) groups is 1. The summed E-state index contributed by atoms with van der Waals surface area (Å²) in [5.74, 6) is 0.423. The molecule has 1 aromatic rings. The molecular formula is C19H20N2O3. The van der Waals surface area contributed by atoms with Gasteiger partial charge >= 0.3 is 5.97 Å². The van der Waals surface area contributed by atoms with Crippen LogP contribution in [0.25, 0.3) is 0 Å². The largest absolute Gasteiger partial charge is 0.463 e. The molecule has 2 aliphatic heterocycles. The van der Waals surface area contributed by atoms with E-state index in [1.54, 1.807) is 13.0 Å². The minimum absolute atomic E-state index is 0.0126. The number of benzene rings is 1. The van der Waals surface area contributed by atoms with E-state index in [1.807, 2.05) is 53.6 Å². The van der Waals surface area contributed by atoms with Crippen molar-refractivity contribution >= 4 is 11.8 Å². The van der Waals surface area contributed by atoms with Crippen molar-refractivity contribution in [2.75, 3.05) is 13.2 Å². The molecule has 1 N–H and O–H groups in total. The van der Waals surface area contributed by atoms with Crippen molar-refractivity contribution in [3.8, 4) is 0 Å². The van der Waals surface area contributed by atoms with Crippen molar-refractivity contribution < 1.29 is 14.6 Å². The van der Waals surface area contributed by atoms with E-state index >= 15 is 0 Å². The number of amidine groups is 1. The lowest BCUT2D eigenvalue weighted by Gasteiger charge is -2.27. The number of rotatable bonds is 5. The van der Waals surface area contributed by atoms with E-state index in [0.29, 0.717) is 6.61 Å². The van der Waals surface area contributed by atoms with Gasteiger partial charge in [0.1, 0.15) is 11.9 Å². The van der Waals surface area contributed by atoms with Crippen molar-refractivity contribution in [1.29, 1.82) is 0 Å². The zero-order valence-corrected chi connectivity index (χ0v) is 13.5. The lowest BCUT2D eigenvalue weighted by molar-refractivity contribution is -0.137. The fraction of sp³-hybridized carbons (Fsp3) is 0.263. The van der Waals surface area contributed by atoms with Crippen LogP contribution < -0.4 is 0 Å². The molecule has 0 aromatic heterocycles. The highest BCUT2D eigenvalue weighted by Gasteiger charge is 2.35. The number of esters is 1. The van der Waals surface area contributed by atoms with Gasteiger partial charge in [-0.1, -0.05) is 30.3 Å². The van der Waals surface area contributed by atoms with E-state index in [1.165, 1.54) is 6.08 Å². The maximum absolute atomic E-state index is 11.4. The minimum Gasteiger partial charge on any atom is -0.463 e. The van der Waals surface area contributed by atoms with Gasteiger partial charge in [-0.25, -0.2) is 4.79 Å². The second-order valence-electron chi connectivity index (χ2n) is 5.55. The SMILES string of the molecule is CCOC(=O)/C=C/C1=CC2=NC(c3ccccc3)C(CO)N2C=C1. The van der Waals surface area contributed by atoms with E-state index < -0.39 is 0 Å². The monoisotopic (exact) mass is 324 g/mol. The van der Waals surface area contributed by atoms with Crippen LogP contribution in [0.4, 0.5) is 0 Å². The number of allylic oxidation sites excluding steroid dienone is 3. The summed E-state index contributed by atoms with van der Waals surface area (Å²) in [5, 5.41) is 9.79. The molecule has 5 heteroatoms. The molecule has 0 amide bonds. The Morgan fingerprint density at radius 3 is 2.88 bits per heavy atom. The quantitative estimate of drug-likeness (QED) is 0.667. The smallest absolute Gasteiger partial charge is 0.330 e. The average Bonchev–Trinajstić information content (AvgIpc) is 2.98. The Kier molecular flexibility index (Phi) is 4.91. The highest BCUT2D eigenvalue weighted by molar-refractivity contribution is 5.98. The third-order valence-corrected chi connectivity index (χ3v) is 4.01. The first-order valence-corrected chi connectivity index (χ1v) is 7.99. The Morgan fingerprint density at radius 1 is 1.38 bits per heavy atom. The first-order valence-electron chi connectivity index (χ1n) is 7.99.